The molecule has 0 saturated carbocycles. The van der Waals surface area contributed by atoms with Gasteiger partial charge >= 0.3 is 0 Å². The number of pyridine rings is 1. The van der Waals surface area contributed by atoms with Crippen molar-refractivity contribution in [3.05, 3.63) is 88.2 Å². The van der Waals surface area contributed by atoms with Crippen LogP contribution in [0.25, 0.3) is 0 Å². The number of carbonyl (C=O) groups excluding carboxylic acids is 1. The average Bonchev–Trinajstić information content (AvgIpc) is 2.65. The molecule has 0 unspecified atom stereocenters. The van der Waals surface area contributed by atoms with E-state index in [2.05, 4.69) is 10.3 Å². The molecule has 0 bridgehead atoms. The predicted molar refractivity (Wildman–Crippen MR) is 106 cm³/mol. The van der Waals surface area contributed by atoms with Crippen LogP contribution in [0.5, 0.6) is 0 Å². The van der Waals surface area contributed by atoms with Gasteiger partial charge in [-0.3, -0.25) is 9.78 Å². The first kappa shape index (κ1) is 18.2. The number of aromatic nitrogens is 1. The van der Waals surface area contributed by atoms with E-state index >= 15 is 0 Å². The van der Waals surface area contributed by atoms with Crippen LogP contribution in [0.4, 0.5) is 11.4 Å². The van der Waals surface area contributed by atoms with Gasteiger partial charge in [-0.25, -0.2) is 0 Å². The number of hydrogen-bond donors (Lipinski definition) is 1. The van der Waals surface area contributed by atoms with Crippen molar-refractivity contribution in [1.29, 1.82) is 0 Å². The molecule has 0 fully saturated rings. The van der Waals surface area contributed by atoms with E-state index in [9.17, 15) is 4.79 Å². The van der Waals surface area contributed by atoms with Crippen LogP contribution in [0.1, 0.15) is 16.1 Å². The van der Waals surface area contributed by atoms with Crippen LogP contribution in [0.15, 0.2) is 66.9 Å². The highest BCUT2D eigenvalue weighted by atomic mass is 35.5. The van der Waals surface area contributed by atoms with Gasteiger partial charge in [0.05, 0.1) is 10.0 Å². The lowest BCUT2D eigenvalue weighted by Crippen LogP contribution is -2.27. The first-order chi connectivity index (χ1) is 12.5. The second-order valence-electron chi connectivity index (χ2n) is 5.83. The van der Waals surface area contributed by atoms with Crippen LogP contribution in [-0.2, 0) is 6.54 Å². The summed E-state index contributed by atoms with van der Waals surface area (Å²) in [6, 6.07) is 18.6. The minimum absolute atomic E-state index is 0.147. The van der Waals surface area contributed by atoms with Gasteiger partial charge in [-0.2, -0.15) is 0 Å². The van der Waals surface area contributed by atoms with Gasteiger partial charge in [0.25, 0.3) is 5.91 Å². The number of rotatable bonds is 5. The molecule has 0 aliphatic rings. The first-order valence-electron chi connectivity index (χ1n) is 8.00. The maximum Gasteiger partial charge on any atom is 0.272 e. The van der Waals surface area contributed by atoms with Gasteiger partial charge in [-0.15, -0.1) is 0 Å². The summed E-state index contributed by atoms with van der Waals surface area (Å²) >= 11 is 12.0. The summed E-state index contributed by atoms with van der Waals surface area (Å²) in [5.41, 5.74) is 2.96. The second kappa shape index (κ2) is 8.21. The van der Waals surface area contributed by atoms with Gasteiger partial charge in [-0.05, 0) is 35.9 Å². The molecule has 0 aliphatic heterocycles. The largest absolute Gasteiger partial charge is 0.355 e. The Kier molecular flexibility index (Phi) is 5.76. The number of amides is 1. The topological polar surface area (TPSA) is 45.2 Å². The average molecular weight is 386 g/mol. The van der Waals surface area contributed by atoms with Gasteiger partial charge in [-0.1, -0.05) is 53.5 Å². The number of halogens is 2. The second-order valence-corrected chi connectivity index (χ2v) is 6.64. The Labute approximate surface area is 162 Å². The summed E-state index contributed by atoms with van der Waals surface area (Å²) in [4.78, 5) is 18.5. The highest BCUT2D eigenvalue weighted by Gasteiger charge is 2.14. The third-order valence-corrected chi connectivity index (χ3v) is 4.54. The van der Waals surface area contributed by atoms with Crippen LogP contribution in [0, 0.1) is 0 Å². The zero-order chi connectivity index (χ0) is 18.5. The van der Waals surface area contributed by atoms with E-state index in [-0.39, 0.29) is 5.91 Å². The van der Waals surface area contributed by atoms with Crippen molar-refractivity contribution in [1.82, 2.24) is 9.88 Å². The fraction of sp³-hybridized carbons (Fsp3) is 0.100. The maximum atomic E-state index is 12.6. The highest BCUT2D eigenvalue weighted by molar-refractivity contribution is 6.42. The molecule has 1 aromatic heterocycles. The van der Waals surface area contributed by atoms with E-state index in [0.29, 0.717) is 22.3 Å². The predicted octanol–water partition coefficient (Wildman–Crippen LogP) is 5.40. The van der Waals surface area contributed by atoms with E-state index in [0.717, 1.165) is 16.9 Å². The molecule has 0 spiro atoms. The monoisotopic (exact) mass is 385 g/mol. The minimum atomic E-state index is -0.147. The standard InChI is InChI=1S/C20H17Cl2N3O/c1-25(13-14-5-3-2-4-6-14)20(26)19-12-16(9-10-23-19)24-15-7-8-17(21)18(22)11-15/h2-12H,13H2,1H3,(H,23,24). The van der Waals surface area contributed by atoms with Crippen molar-refractivity contribution in [3.8, 4) is 0 Å². The zero-order valence-corrected chi connectivity index (χ0v) is 15.6. The Morgan fingerprint density at radius 2 is 1.73 bits per heavy atom. The van der Waals surface area contributed by atoms with Gasteiger partial charge in [0, 0.05) is 31.2 Å². The fourth-order valence-corrected chi connectivity index (χ4v) is 2.79. The Balaban J connectivity index is 1.73. The smallest absolute Gasteiger partial charge is 0.272 e. The summed E-state index contributed by atoms with van der Waals surface area (Å²) in [7, 11) is 1.76. The van der Waals surface area contributed by atoms with E-state index < -0.39 is 0 Å². The molecular weight excluding hydrogens is 369 g/mol. The lowest BCUT2D eigenvalue weighted by atomic mass is 10.2. The van der Waals surface area contributed by atoms with Crippen LogP contribution in [0.2, 0.25) is 10.0 Å². The first-order valence-corrected chi connectivity index (χ1v) is 8.76. The van der Waals surface area contributed by atoms with Gasteiger partial charge < -0.3 is 10.2 Å². The van der Waals surface area contributed by atoms with Crippen molar-refractivity contribution >= 4 is 40.5 Å². The lowest BCUT2D eigenvalue weighted by Gasteiger charge is -2.17. The summed E-state index contributed by atoms with van der Waals surface area (Å²) < 4.78 is 0. The number of nitrogens with one attached hydrogen (secondary N) is 1. The molecule has 0 aliphatic carbocycles. The van der Waals surface area contributed by atoms with Crippen LogP contribution >= 0.6 is 23.2 Å². The van der Waals surface area contributed by atoms with Crippen molar-refractivity contribution < 1.29 is 4.79 Å². The SMILES string of the molecule is CN(Cc1ccccc1)C(=O)c1cc(Nc2ccc(Cl)c(Cl)c2)ccn1. The van der Waals surface area contributed by atoms with Crippen LogP contribution in [-0.4, -0.2) is 22.8 Å². The van der Waals surface area contributed by atoms with Gasteiger partial charge in [0.15, 0.2) is 0 Å². The molecule has 1 amide bonds. The summed E-state index contributed by atoms with van der Waals surface area (Å²) in [5.74, 6) is -0.147. The number of benzene rings is 2. The van der Waals surface area contributed by atoms with E-state index in [4.69, 9.17) is 23.2 Å². The number of hydrogen-bond acceptors (Lipinski definition) is 3. The molecule has 4 nitrogen and oxygen atoms in total. The molecule has 0 saturated heterocycles. The van der Waals surface area contributed by atoms with Crippen molar-refractivity contribution in [3.63, 3.8) is 0 Å². The van der Waals surface area contributed by atoms with Gasteiger partial charge in [0.2, 0.25) is 0 Å². The lowest BCUT2D eigenvalue weighted by molar-refractivity contribution is 0.0779. The Hall–Kier alpha value is -2.56. The molecule has 6 heteroatoms. The third-order valence-electron chi connectivity index (χ3n) is 3.80. The van der Waals surface area contributed by atoms with Crippen LogP contribution < -0.4 is 5.32 Å². The van der Waals surface area contributed by atoms with E-state index in [1.807, 2.05) is 36.4 Å². The minimum Gasteiger partial charge on any atom is -0.355 e. The molecule has 1 N–H and O–H groups in total. The quantitative estimate of drug-likeness (QED) is 0.638. The number of anilines is 2. The van der Waals surface area contributed by atoms with Crippen molar-refractivity contribution in [2.24, 2.45) is 0 Å². The molecule has 3 rings (SSSR count). The molecule has 0 atom stereocenters. The van der Waals surface area contributed by atoms with Crippen molar-refractivity contribution in [2.45, 2.75) is 6.54 Å². The van der Waals surface area contributed by atoms with E-state index in [1.165, 1.54) is 0 Å². The Morgan fingerprint density at radius 1 is 1.00 bits per heavy atom. The number of carbonyl (C=O) groups is 1. The molecule has 0 radical (unpaired) electrons. The molecule has 2 aromatic carbocycles. The molecule has 3 aromatic rings. The van der Waals surface area contributed by atoms with Crippen molar-refractivity contribution in [2.75, 3.05) is 12.4 Å². The van der Waals surface area contributed by atoms with E-state index in [1.54, 1.807) is 42.4 Å². The summed E-state index contributed by atoms with van der Waals surface area (Å²) in [6.45, 7) is 0.520. The Morgan fingerprint density at radius 3 is 2.46 bits per heavy atom. The molecule has 26 heavy (non-hydrogen) atoms. The highest BCUT2D eigenvalue weighted by Crippen LogP contribution is 2.27. The Bertz CT molecular complexity index is 916. The summed E-state index contributed by atoms with van der Waals surface area (Å²) in [6.07, 6.45) is 1.60. The third kappa shape index (κ3) is 4.54. The molecular formula is C20H17Cl2N3O. The van der Waals surface area contributed by atoms with Crippen LogP contribution in [0.3, 0.4) is 0 Å². The van der Waals surface area contributed by atoms with Gasteiger partial charge in [0.1, 0.15) is 5.69 Å². The number of nitrogens with zero attached hydrogens (tertiary/aromatic N) is 2. The fourth-order valence-electron chi connectivity index (χ4n) is 2.49. The molecule has 132 valence electrons. The summed E-state index contributed by atoms with van der Waals surface area (Å²) in [5, 5.41) is 4.16. The zero-order valence-electron chi connectivity index (χ0n) is 14.1. The normalized spacial score (nSPS) is 10.4. The maximum absolute atomic E-state index is 12.6. The molecule has 1 heterocycles.